The first-order valence-corrected chi connectivity index (χ1v) is 10.5. The number of fused-ring (bicyclic) bond motifs is 1. The second kappa shape index (κ2) is 8.49. The molecule has 2 N–H and O–H groups in total. The summed E-state index contributed by atoms with van der Waals surface area (Å²) in [5, 5.41) is 12.7. The Hall–Kier alpha value is -3.12. The summed E-state index contributed by atoms with van der Waals surface area (Å²) in [5.74, 6) is 0.626. The molecule has 0 aliphatic carbocycles. The number of aromatic amines is 1. The van der Waals surface area contributed by atoms with Crippen LogP contribution in [0, 0.1) is 0 Å². The number of anilines is 1. The first-order valence-electron chi connectivity index (χ1n) is 9.60. The van der Waals surface area contributed by atoms with E-state index in [0.29, 0.717) is 11.0 Å². The van der Waals surface area contributed by atoms with Gasteiger partial charge in [0, 0.05) is 11.3 Å². The van der Waals surface area contributed by atoms with Gasteiger partial charge in [0.05, 0.1) is 5.25 Å². The van der Waals surface area contributed by atoms with Gasteiger partial charge < -0.3 is 5.32 Å². The van der Waals surface area contributed by atoms with Crippen LogP contribution < -0.4 is 5.32 Å². The van der Waals surface area contributed by atoms with Crippen molar-refractivity contribution in [2.75, 3.05) is 5.32 Å². The number of amides is 1. The van der Waals surface area contributed by atoms with E-state index in [2.05, 4.69) is 45.6 Å². The topological polar surface area (TPSA) is 70.7 Å². The van der Waals surface area contributed by atoms with Crippen LogP contribution in [0.25, 0.3) is 22.2 Å². The van der Waals surface area contributed by atoms with Crippen molar-refractivity contribution in [1.29, 1.82) is 0 Å². The fourth-order valence-corrected chi connectivity index (χ4v) is 3.77. The van der Waals surface area contributed by atoms with Crippen molar-refractivity contribution in [3.05, 3.63) is 72.3 Å². The number of aromatic nitrogens is 3. The van der Waals surface area contributed by atoms with E-state index < -0.39 is 0 Å². The highest BCUT2D eigenvalue weighted by Gasteiger charge is 2.18. The number of thioether (sulfide) groups is 1. The van der Waals surface area contributed by atoms with Crippen LogP contribution in [0.3, 0.4) is 0 Å². The van der Waals surface area contributed by atoms with Gasteiger partial charge in [-0.15, -0.1) is 5.10 Å². The van der Waals surface area contributed by atoms with Crippen LogP contribution in [0.15, 0.2) is 71.9 Å². The highest BCUT2D eigenvalue weighted by molar-refractivity contribution is 8.00. The summed E-state index contributed by atoms with van der Waals surface area (Å²) in [6.45, 7) is 3.98. The zero-order valence-electron chi connectivity index (χ0n) is 16.3. The van der Waals surface area contributed by atoms with E-state index in [1.54, 1.807) is 0 Å². The summed E-state index contributed by atoms with van der Waals surface area (Å²) in [6.07, 6.45) is 1.00. The van der Waals surface area contributed by atoms with Crippen molar-refractivity contribution < 1.29 is 4.79 Å². The van der Waals surface area contributed by atoms with Crippen LogP contribution in [-0.4, -0.2) is 26.3 Å². The summed E-state index contributed by atoms with van der Waals surface area (Å²) in [5.41, 5.74) is 3.05. The third-order valence-corrected chi connectivity index (χ3v) is 5.73. The van der Waals surface area contributed by atoms with Crippen LogP contribution in [0.5, 0.6) is 0 Å². The van der Waals surface area contributed by atoms with Crippen molar-refractivity contribution in [2.24, 2.45) is 0 Å². The molecule has 1 unspecified atom stereocenters. The average Bonchev–Trinajstić information content (AvgIpc) is 3.22. The van der Waals surface area contributed by atoms with E-state index in [-0.39, 0.29) is 11.2 Å². The minimum atomic E-state index is -0.326. The maximum absolute atomic E-state index is 12.6. The Kier molecular flexibility index (Phi) is 5.62. The number of nitrogens with zero attached hydrogens (tertiary/aromatic N) is 2. The van der Waals surface area contributed by atoms with E-state index in [9.17, 15) is 4.79 Å². The smallest absolute Gasteiger partial charge is 0.237 e. The van der Waals surface area contributed by atoms with Gasteiger partial charge in [0.15, 0.2) is 5.82 Å². The zero-order valence-corrected chi connectivity index (χ0v) is 17.2. The predicted molar refractivity (Wildman–Crippen MR) is 119 cm³/mol. The number of hydrogen-bond acceptors (Lipinski definition) is 4. The first kappa shape index (κ1) is 19.2. The monoisotopic (exact) mass is 402 g/mol. The number of nitrogens with one attached hydrogen (secondary N) is 2. The fraction of sp³-hybridized carbons (Fsp3) is 0.174. The molecule has 29 heavy (non-hydrogen) atoms. The Labute approximate surface area is 174 Å². The van der Waals surface area contributed by atoms with Gasteiger partial charge in [-0.2, -0.15) is 0 Å². The summed E-state index contributed by atoms with van der Waals surface area (Å²) in [7, 11) is 0. The molecule has 0 aliphatic heterocycles. The van der Waals surface area contributed by atoms with Gasteiger partial charge in [0.25, 0.3) is 0 Å². The molecule has 3 aromatic carbocycles. The molecule has 4 aromatic rings. The molecule has 0 saturated carbocycles. The van der Waals surface area contributed by atoms with Gasteiger partial charge in [-0.1, -0.05) is 73.3 Å². The molecule has 0 radical (unpaired) electrons. The molecule has 0 aliphatic rings. The summed E-state index contributed by atoms with van der Waals surface area (Å²) < 4.78 is 0. The van der Waals surface area contributed by atoms with E-state index >= 15 is 0 Å². The van der Waals surface area contributed by atoms with Gasteiger partial charge in [0.2, 0.25) is 11.1 Å². The molecule has 1 heterocycles. The molecule has 0 saturated heterocycles. The lowest BCUT2D eigenvalue weighted by Gasteiger charge is -2.10. The molecule has 4 rings (SSSR count). The lowest BCUT2D eigenvalue weighted by molar-refractivity contribution is -0.115. The molecular weight excluding hydrogens is 380 g/mol. The standard InChI is InChI=1S/C23H22N4OS/c1-3-16-8-10-18(11-9-16)21-25-23(27-26-21)29-15(2)22(28)24-20-13-12-17-6-4-5-7-19(17)14-20/h4-15H,3H2,1-2H3,(H,24,28)(H,25,26,27). The molecule has 1 aromatic heterocycles. The van der Waals surface area contributed by atoms with Gasteiger partial charge in [-0.3, -0.25) is 9.89 Å². The molecule has 0 spiro atoms. The van der Waals surface area contributed by atoms with Crippen LogP contribution in [0.2, 0.25) is 0 Å². The zero-order chi connectivity index (χ0) is 20.2. The maximum atomic E-state index is 12.6. The van der Waals surface area contributed by atoms with E-state index in [1.807, 2.05) is 55.5 Å². The summed E-state index contributed by atoms with van der Waals surface area (Å²) >= 11 is 1.33. The Bertz CT molecular complexity index is 1140. The molecule has 146 valence electrons. The molecule has 0 bridgehead atoms. The van der Waals surface area contributed by atoms with E-state index in [0.717, 1.165) is 28.4 Å². The first-order chi connectivity index (χ1) is 14.1. The van der Waals surface area contributed by atoms with E-state index in [4.69, 9.17) is 0 Å². The third kappa shape index (κ3) is 4.49. The highest BCUT2D eigenvalue weighted by atomic mass is 32.2. The second-order valence-electron chi connectivity index (χ2n) is 6.83. The minimum absolute atomic E-state index is 0.0797. The van der Waals surface area contributed by atoms with Gasteiger partial charge >= 0.3 is 0 Å². The number of benzene rings is 3. The third-order valence-electron chi connectivity index (χ3n) is 4.77. The number of hydrogen-bond donors (Lipinski definition) is 2. The number of carbonyl (C=O) groups excluding carboxylic acids is 1. The number of rotatable bonds is 6. The SMILES string of the molecule is CCc1ccc(-c2nc(SC(C)C(=O)Nc3ccc4ccccc4c3)n[nH]2)cc1. The Morgan fingerprint density at radius 3 is 2.59 bits per heavy atom. The second-order valence-corrected chi connectivity index (χ2v) is 8.14. The number of aryl methyl sites for hydroxylation is 1. The molecule has 0 fully saturated rings. The Balaban J connectivity index is 1.41. The van der Waals surface area contributed by atoms with Crippen LogP contribution in [0.1, 0.15) is 19.4 Å². The average molecular weight is 403 g/mol. The number of H-pyrrole nitrogens is 1. The molecular formula is C23H22N4OS. The molecule has 1 atom stereocenters. The molecule has 1 amide bonds. The van der Waals surface area contributed by atoms with E-state index in [1.165, 1.54) is 17.3 Å². The van der Waals surface area contributed by atoms with Crippen molar-refractivity contribution in [3.8, 4) is 11.4 Å². The van der Waals surface area contributed by atoms with Gasteiger partial charge in [0.1, 0.15) is 0 Å². The molecule has 5 nitrogen and oxygen atoms in total. The summed E-state index contributed by atoms with van der Waals surface area (Å²) in [4.78, 5) is 17.1. The Morgan fingerprint density at radius 2 is 1.83 bits per heavy atom. The normalized spacial score (nSPS) is 12.1. The van der Waals surface area contributed by atoms with Crippen molar-refractivity contribution in [2.45, 2.75) is 30.7 Å². The molecule has 6 heteroatoms. The van der Waals surface area contributed by atoms with Crippen molar-refractivity contribution in [1.82, 2.24) is 15.2 Å². The van der Waals surface area contributed by atoms with Crippen LogP contribution in [0.4, 0.5) is 5.69 Å². The quantitative estimate of drug-likeness (QED) is 0.429. The lowest BCUT2D eigenvalue weighted by Crippen LogP contribution is -2.22. The summed E-state index contributed by atoms with van der Waals surface area (Å²) in [6, 6.07) is 22.2. The lowest BCUT2D eigenvalue weighted by atomic mass is 10.1. The van der Waals surface area contributed by atoms with Crippen LogP contribution in [-0.2, 0) is 11.2 Å². The maximum Gasteiger partial charge on any atom is 0.237 e. The van der Waals surface area contributed by atoms with Crippen molar-refractivity contribution >= 4 is 34.1 Å². The number of carbonyl (C=O) groups is 1. The van der Waals surface area contributed by atoms with Crippen LogP contribution >= 0.6 is 11.8 Å². The Morgan fingerprint density at radius 1 is 1.07 bits per heavy atom. The van der Waals surface area contributed by atoms with Crippen molar-refractivity contribution in [3.63, 3.8) is 0 Å². The van der Waals surface area contributed by atoms with Gasteiger partial charge in [-0.05, 0) is 41.8 Å². The van der Waals surface area contributed by atoms with Gasteiger partial charge in [-0.25, -0.2) is 4.98 Å². The predicted octanol–water partition coefficient (Wildman–Crippen LogP) is 5.31. The largest absolute Gasteiger partial charge is 0.325 e. The minimum Gasteiger partial charge on any atom is -0.325 e. The highest BCUT2D eigenvalue weighted by Crippen LogP contribution is 2.25. The fourth-order valence-electron chi connectivity index (χ4n) is 3.05.